The van der Waals surface area contributed by atoms with E-state index in [1.165, 1.54) is 0 Å². The molecule has 0 bridgehead atoms. The van der Waals surface area contributed by atoms with Gasteiger partial charge in [-0.3, -0.25) is 4.79 Å². The van der Waals surface area contributed by atoms with Crippen molar-refractivity contribution in [1.82, 2.24) is 5.32 Å². The zero-order valence-electron chi connectivity index (χ0n) is 14.2. The van der Waals surface area contributed by atoms with Gasteiger partial charge in [-0.15, -0.1) is 0 Å². The van der Waals surface area contributed by atoms with Crippen LogP contribution in [0, 0.1) is 12.3 Å². The van der Waals surface area contributed by atoms with Gasteiger partial charge in [-0.1, -0.05) is 32.9 Å². The molecule has 0 fully saturated rings. The van der Waals surface area contributed by atoms with E-state index >= 15 is 0 Å². The quantitative estimate of drug-likeness (QED) is 0.857. The van der Waals surface area contributed by atoms with Crippen LogP contribution >= 0.6 is 0 Å². The first kappa shape index (κ1) is 17.5. The number of amides is 1. The van der Waals surface area contributed by atoms with Crippen molar-refractivity contribution in [3.8, 4) is 5.75 Å². The highest BCUT2D eigenvalue weighted by atomic mass is 16.5. The zero-order chi connectivity index (χ0) is 16.1. The molecule has 0 aliphatic rings. The van der Waals surface area contributed by atoms with Crippen molar-refractivity contribution >= 4 is 5.91 Å². The third kappa shape index (κ3) is 7.74. The predicted octanol–water partition coefficient (Wildman–Crippen LogP) is 4.09. The highest BCUT2D eigenvalue weighted by molar-refractivity contribution is 5.76. The first-order valence-corrected chi connectivity index (χ1v) is 7.58. The average Bonchev–Trinajstić information content (AvgIpc) is 2.24. The molecule has 1 N–H and O–H groups in total. The highest BCUT2D eigenvalue weighted by Crippen LogP contribution is 2.26. The van der Waals surface area contributed by atoms with Crippen LogP contribution in [-0.4, -0.2) is 18.1 Å². The van der Waals surface area contributed by atoms with E-state index in [0.717, 1.165) is 17.7 Å². The van der Waals surface area contributed by atoms with E-state index in [4.69, 9.17) is 4.74 Å². The predicted molar refractivity (Wildman–Crippen MR) is 87.6 cm³/mol. The normalized spacial score (nSPS) is 12.1. The highest BCUT2D eigenvalue weighted by Gasteiger charge is 2.26. The van der Waals surface area contributed by atoms with Crippen LogP contribution in [0.2, 0.25) is 0 Å². The summed E-state index contributed by atoms with van der Waals surface area (Å²) in [6.07, 6.45) is 1.31. The number of carbonyl (C=O) groups is 1. The van der Waals surface area contributed by atoms with Gasteiger partial charge in [0.05, 0.1) is 13.0 Å². The summed E-state index contributed by atoms with van der Waals surface area (Å²) >= 11 is 0. The summed E-state index contributed by atoms with van der Waals surface area (Å²) in [7, 11) is 0. The number of benzene rings is 1. The Morgan fingerprint density at radius 3 is 2.43 bits per heavy atom. The van der Waals surface area contributed by atoms with Crippen molar-refractivity contribution in [2.45, 2.75) is 59.9 Å². The van der Waals surface area contributed by atoms with E-state index in [1.807, 2.05) is 31.2 Å². The van der Waals surface area contributed by atoms with E-state index in [2.05, 4.69) is 39.9 Å². The molecule has 0 atom stereocenters. The van der Waals surface area contributed by atoms with Gasteiger partial charge in [0.15, 0.2) is 0 Å². The molecule has 0 spiro atoms. The van der Waals surface area contributed by atoms with Crippen molar-refractivity contribution in [3.05, 3.63) is 29.8 Å². The van der Waals surface area contributed by atoms with Gasteiger partial charge in [0.2, 0.25) is 5.91 Å². The van der Waals surface area contributed by atoms with Gasteiger partial charge in [-0.05, 0) is 50.3 Å². The Hall–Kier alpha value is -1.51. The van der Waals surface area contributed by atoms with Gasteiger partial charge >= 0.3 is 0 Å². The van der Waals surface area contributed by atoms with Crippen molar-refractivity contribution in [2.24, 2.45) is 5.41 Å². The molecule has 3 heteroatoms. The van der Waals surface area contributed by atoms with E-state index in [-0.39, 0.29) is 16.9 Å². The van der Waals surface area contributed by atoms with Crippen molar-refractivity contribution in [2.75, 3.05) is 6.61 Å². The molecular weight excluding hydrogens is 262 g/mol. The maximum atomic E-state index is 12.0. The summed E-state index contributed by atoms with van der Waals surface area (Å²) in [5.74, 6) is 0.855. The van der Waals surface area contributed by atoms with Crippen molar-refractivity contribution in [1.29, 1.82) is 0 Å². The molecule has 21 heavy (non-hydrogen) atoms. The van der Waals surface area contributed by atoms with Crippen molar-refractivity contribution in [3.63, 3.8) is 0 Å². The van der Waals surface area contributed by atoms with Gasteiger partial charge in [0.1, 0.15) is 5.75 Å². The minimum absolute atomic E-state index is 0.0388. The lowest BCUT2D eigenvalue weighted by Gasteiger charge is -2.33. The fourth-order valence-electron chi connectivity index (χ4n) is 2.78. The Bertz CT molecular complexity index is 472. The fourth-order valence-corrected chi connectivity index (χ4v) is 2.78. The molecule has 1 aromatic carbocycles. The van der Waals surface area contributed by atoms with Crippen molar-refractivity contribution < 1.29 is 9.53 Å². The summed E-state index contributed by atoms with van der Waals surface area (Å²) < 4.78 is 5.61. The molecule has 0 heterocycles. The Kier molecular flexibility index (Phi) is 5.82. The molecule has 0 aliphatic heterocycles. The Labute approximate surface area is 129 Å². The van der Waals surface area contributed by atoms with Crippen LogP contribution in [-0.2, 0) is 4.79 Å². The minimum Gasteiger partial charge on any atom is -0.493 e. The molecule has 1 rings (SSSR count). The molecule has 0 aliphatic carbocycles. The van der Waals surface area contributed by atoms with E-state index in [1.54, 1.807) is 0 Å². The van der Waals surface area contributed by atoms with Crippen LogP contribution < -0.4 is 10.1 Å². The molecule has 118 valence electrons. The van der Waals surface area contributed by atoms with E-state index in [9.17, 15) is 4.79 Å². The maximum Gasteiger partial charge on any atom is 0.223 e. The topological polar surface area (TPSA) is 38.3 Å². The average molecular weight is 291 g/mol. The smallest absolute Gasteiger partial charge is 0.223 e. The Balaban J connectivity index is 2.37. The maximum absolute atomic E-state index is 12.0. The van der Waals surface area contributed by atoms with Gasteiger partial charge in [0, 0.05) is 5.54 Å². The minimum atomic E-state index is -0.196. The van der Waals surface area contributed by atoms with Gasteiger partial charge < -0.3 is 10.1 Å². The van der Waals surface area contributed by atoms with Gasteiger partial charge in [-0.25, -0.2) is 0 Å². The van der Waals surface area contributed by atoms with Crippen LogP contribution in [0.4, 0.5) is 0 Å². The van der Waals surface area contributed by atoms with Crippen LogP contribution in [0.5, 0.6) is 5.75 Å². The number of nitrogens with one attached hydrogen (secondary N) is 1. The fraction of sp³-hybridized carbons (Fsp3) is 0.611. The summed E-state index contributed by atoms with van der Waals surface area (Å²) in [4.78, 5) is 12.0. The second-order valence-electron chi connectivity index (χ2n) is 7.58. The standard InChI is InChI=1S/C18H29NO2/c1-14-8-7-9-15(12-14)21-11-10-16(20)19-18(5,6)13-17(2,3)4/h7-9,12H,10-11,13H2,1-6H3,(H,19,20). The number of ether oxygens (including phenoxy) is 1. The third-order valence-corrected chi connectivity index (χ3v) is 3.04. The zero-order valence-corrected chi connectivity index (χ0v) is 14.2. The molecule has 0 saturated carbocycles. The summed E-state index contributed by atoms with van der Waals surface area (Å²) in [5, 5.41) is 3.09. The number of hydrogen-bond donors (Lipinski definition) is 1. The first-order valence-electron chi connectivity index (χ1n) is 7.58. The Morgan fingerprint density at radius 1 is 1.19 bits per heavy atom. The lowest BCUT2D eigenvalue weighted by atomic mass is 9.82. The molecule has 1 aromatic rings. The monoisotopic (exact) mass is 291 g/mol. The second-order valence-corrected chi connectivity index (χ2v) is 7.58. The number of carbonyl (C=O) groups excluding carboxylic acids is 1. The molecule has 0 saturated heterocycles. The van der Waals surface area contributed by atoms with E-state index < -0.39 is 0 Å². The summed E-state index contributed by atoms with van der Waals surface area (Å²) in [6, 6.07) is 7.86. The van der Waals surface area contributed by atoms with Crippen LogP contribution in [0.15, 0.2) is 24.3 Å². The SMILES string of the molecule is Cc1cccc(OCCC(=O)NC(C)(C)CC(C)(C)C)c1. The van der Waals surface area contributed by atoms with Crippen LogP contribution in [0.25, 0.3) is 0 Å². The second kappa shape index (κ2) is 6.97. The third-order valence-electron chi connectivity index (χ3n) is 3.04. The van der Waals surface area contributed by atoms with Gasteiger partial charge in [-0.2, -0.15) is 0 Å². The molecule has 0 radical (unpaired) electrons. The summed E-state index contributed by atoms with van der Waals surface area (Å²) in [6.45, 7) is 13.1. The lowest BCUT2D eigenvalue weighted by Crippen LogP contribution is -2.46. The Morgan fingerprint density at radius 2 is 1.86 bits per heavy atom. The first-order chi connectivity index (χ1) is 9.57. The van der Waals surface area contributed by atoms with Crippen LogP contribution in [0.1, 0.15) is 53.0 Å². The number of hydrogen-bond acceptors (Lipinski definition) is 2. The number of rotatable bonds is 6. The molecule has 0 aromatic heterocycles. The number of aryl methyl sites for hydroxylation is 1. The molecule has 1 amide bonds. The van der Waals surface area contributed by atoms with Crippen LogP contribution in [0.3, 0.4) is 0 Å². The summed E-state index contributed by atoms with van der Waals surface area (Å²) in [5.41, 5.74) is 1.15. The van der Waals surface area contributed by atoms with E-state index in [0.29, 0.717) is 13.0 Å². The molecular formula is C18H29NO2. The van der Waals surface area contributed by atoms with Gasteiger partial charge in [0.25, 0.3) is 0 Å². The molecule has 3 nitrogen and oxygen atoms in total. The lowest BCUT2D eigenvalue weighted by molar-refractivity contribution is -0.123. The largest absolute Gasteiger partial charge is 0.493 e. The molecule has 0 unspecified atom stereocenters.